The molecule has 1 heterocycles. The minimum Gasteiger partial charge on any atom is -0.287 e. The van der Waals surface area contributed by atoms with Crippen LogP contribution in [0.25, 0.3) is 0 Å². The molecular weight excluding hydrogens is 274 g/mol. The molecule has 2 aromatic rings. The van der Waals surface area contributed by atoms with Gasteiger partial charge >= 0.3 is 5.69 Å². The summed E-state index contributed by atoms with van der Waals surface area (Å²) in [6.45, 7) is 1.72. The Bertz CT molecular complexity index is 728. The van der Waals surface area contributed by atoms with Gasteiger partial charge in [-0.25, -0.2) is 4.98 Å². The molecule has 2 rings (SSSR count). The summed E-state index contributed by atoms with van der Waals surface area (Å²) >= 11 is 0. The zero-order chi connectivity index (χ0) is 15.4. The highest BCUT2D eigenvalue weighted by atomic mass is 16.6. The van der Waals surface area contributed by atoms with Crippen molar-refractivity contribution in [1.82, 2.24) is 10.3 Å². The zero-order valence-electron chi connectivity index (χ0n) is 11.1. The summed E-state index contributed by atoms with van der Waals surface area (Å²) in [6.07, 6.45) is 1.25. The summed E-state index contributed by atoms with van der Waals surface area (Å²) in [5.41, 5.74) is 0.166. The summed E-state index contributed by atoms with van der Waals surface area (Å²) in [7, 11) is 0. The van der Waals surface area contributed by atoms with Crippen molar-refractivity contribution in [1.29, 1.82) is 0 Å². The fourth-order valence-electron chi connectivity index (χ4n) is 1.78. The lowest BCUT2D eigenvalue weighted by Gasteiger charge is -2.06. The second kappa shape index (κ2) is 5.91. The summed E-state index contributed by atoms with van der Waals surface area (Å²) in [4.78, 5) is 37.7. The normalized spacial score (nSPS) is 9.95. The average molecular weight is 285 g/mol. The van der Waals surface area contributed by atoms with E-state index >= 15 is 0 Å². The number of benzene rings is 1. The van der Waals surface area contributed by atoms with Crippen molar-refractivity contribution in [2.24, 2.45) is 0 Å². The number of aromatic nitrogens is 1. The lowest BCUT2D eigenvalue weighted by molar-refractivity contribution is -0.385. The van der Waals surface area contributed by atoms with Gasteiger partial charge in [0, 0.05) is 17.8 Å². The van der Waals surface area contributed by atoms with Gasteiger partial charge in [-0.3, -0.25) is 25.0 Å². The van der Waals surface area contributed by atoms with Crippen molar-refractivity contribution in [2.45, 2.75) is 6.92 Å². The van der Waals surface area contributed by atoms with E-state index in [1.807, 2.05) is 0 Å². The van der Waals surface area contributed by atoms with E-state index < -0.39 is 28.1 Å². The molecule has 7 heteroatoms. The van der Waals surface area contributed by atoms with Gasteiger partial charge in [0.2, 0.25) is 5.69 Å². The second-order valence-electron chi connectivity index (χ2n) is 4.23. The van der Waals surface area contributed by atoms with Gasteiger partial charge in [0.15, 0.2) is 0 Å². The van der Waals surface area contributed by atoms with Crippen LogP contribution in [0.3, 0.4) is 0 Å². The molecule has 0 aliphatic heterocycles. The van der Waals surface area contributed by atoms with Crippen LogP contribution >= 0.6 is 0 Å². The average Bonchev–Trinajstić information content (AvgIpc) is 2.47. The molecule has 2 amide bonds. The van der Waals surface area contributed by atoms with Gasteiger partial charge in [-0.2, -0.15) is 0 Å². The lowest BCUT2D eigenvalue weighted by atomic mass is 10.1. The first kappa shape index (κ1) is 14.3. The number of hydrogen-bond acceptors (Lipinski definition) is 5. The van der Waals surface area contributed by atoms with Gasteiger partial charge < -0.3 is 0 Å². The van der Waals surface area contributed by atoms with E-state index in [4.69, 9.17) is 0 Å². The van der Waals surface area contributed by atoms with Crippen LogP contribution in [0, 0.1) is 17.0 Å². The fraction of sp³-hybridized carbons (Fsp3) is 0.0714. The van der Waals surface area contributed by atoms with Gasteiger partial charge in [0.1, 0.15) is 0 Å². The van der Waals surface area contributed by atoms with Gasteiger partial charge in [-0.05, 0) is 24.6 Å². The van der Waals surface area contributed by atoms with E-state index in [1.54, 1.807) is 31.2 Å². The van der Waals surface area contributed by atoms with E-state index in [1.165, 1.54) is 12.3 Å². The standard InChI is InChI=1S/C14H11N3O4/c1-9-5-2-3-6-10(9)13(18)16-14(19)12-11(17(20)21)7-4-8-15-12/h2-8H,1H3,(H,16,18,19). The number of aryl methyl sites for hydroxylation is 1. The van der Waals surface area contributed by atoms with Gasteiger partial charge in [-0.15, -0.1) is 0 Å². The van der Waals surface area contributed by atoms with E-state index in [2.05, 4.69) is 10.3 Å². The molecule has 21 heavy (non-hydrogen) atoms. The predicted octanol–water partition coefficient (Wildman–Crippen LogP) is 1.87. The molecular formula is C14H11N3O4. The Kier molecular flexibility index (Phi) is 4.03. The zero-order valence-corrected chi connectivity index (χ0v) is 11.1. The second-order valence-corrected chi connectivity index (χ2v) is 4.23. The molecule has 0 unspecified atom stereocenters. The summed E-state index contributed by atoms with van der Waals surface area (Å²) < 4.78 is 0. The number of hydrogen-bond donors (Lipinski definition) is 1. The number of pyridine rings is 1. The third-order valence-corrected chi connectivity index (χ3v) is 2.81. The molecule has 0 saturated heterocycles. The number of nitro groups is 1. The van der Waals surface area contributed by atoms with Crippen LogP contribution in [0.2, 0.25) is 0 Å². The highest BCUT2D eigenvalue weighted by molar-refractivity contribution is 6.11. The highest BCUT2D eigenvalue weighted by Gasteiger charge is 2.23. The third kappa shape index (κ3) is 3.08. The summed E-state index contributed by atoms with van der Waals surface area (Å²) in [6, 6.07) is 9.21. The van der Waals surface area contributed by atoms with Gasteiger partial charge in [-0.1, -0.05) is 18.2 Å². The predicted molar refractivity (Wildman–Crippen MR) is 73.9 cm³/mol. The van der Waals surface area contributed by atoms with Gasteiger partial charge in [0.25, 0.3) is 11.8 Å². The van der Waals surface area contributed by atoms with E-state index in [0.29, 0.717) is 11.1 Å². The third-order valence-electron chi connectivity index (χ3n) is 2.81. The van der Waals surface area contributed by atoms with Crippen LogP contribution in [-0.4, -0.2) is 21.7 Å². The van der Waals surface area contributed by atoms with Crippen LogP contribution < -0.4 is 5.32 Å². The lowest BCUT2D eigenvalue weighted by Crippen LogP contribution is -2.32. The van der Waals surface area contributed by atoms with E-state index in [9.17, 15) is 19.7 Å². The van der Waals surface area contributed by atoms with Crippen LogP contribution in [0.1, 0.15) is 26.4 Å². The SMILES string of the molecule is Cc1ccccc1C(=O)NC(=O)c1ncccc1[N+](=O)[O-]. The van der Waals surface area contributed by atoms with Crippen molar-refractivity contribution in [3.05, 3.63) is 69.5 Å². The minimum atomic E-state index is -0.907. The van der Waals surface area contributed by atoms with Crippen molar-refractivity contribution in [3.8, 4) is 0 Å². The largest absolute Gasteiger partial charge is 0.300 e. The van der Waals surface area contributed by atoms with Crippen LogP contribution in [-0.2, 0) is 0 Å². The smallest absolute Gasteiger partial charge is 0.287 e. The number of carbonyl (C=O) groups excluding carboxylic acids is 2. The number of rotatable bonds is 3. The fourth-order valence-corrected chi connectivity index (χ4v) is 1.78. The Morgan fingerprint density at radius 2 is 1.86 bits per heavy atom. The molecule has 0 atom stereocenters. The van der Waals surface area contributed by atoms with Crippen molar-refractivity contribution in [2.75, 3.05) is 0 Å². The molecule has 7 nitrogen and oxygen atoms in total. The highest BCUT2D eigenvalue weighted by Crippen LogP contribution is 2.15. The maximum Gasteiger partial charge on any atom is 0.300 e. The summed E-state index contributed by atoms with van der Waals surface area (Å²) in [5, 5.41) is 12.9. The van der Waals surface area contributed by atoms with Crippen LogP contribution in [0.15, 0.2) is 42.6 Å². The van der Waals surface area contributed by atoms with Crippen molar-refractivity contribution < 1.29 is 14.5 Å². The topological polar surface area (TPSA) is 102 Å². The number of carbonyl (C=O) groups is 2. The van der Waals surface area contributed by atoms with Crippen molar-refractivity contribution >= 4 is 17.5 Å². The summed E-state index contributed by atoms with van der Waals surface area (Å²) in [5.74, 6) is -1.53. The first-order valence-electron chi connectivity index (χ1n) is 6.01. The Balaban J connectivity index is 2.25. The van der Waals surface area contributed by atoms with E-state index in [0.717, 1.165) is 6.07 Å². The molecule has 0 aliphatic rings. The van der Waals surface area contributed by atoms with Crippen LogP contribution in [0.4, 0.5) is 5.69 Å². The number of imide groups is 1. The number of nitrogens with zero attached hydrogens (tertiary/aromatic N) is 2. The quantitative estimate of drug-likeness (QED) is 0.527. The Labute approximate surface area is 119 Å². The van der Waals surface area contributed by atoms with Crippen molar-refractivity contribution in [3.63, 3.8) is 0 Å². The molecule has 0 aliphatic carbocycles. The number of amides is 2. The molecule has 0 saturated carbocycles. The minimum absolute atomic E-state index is 0.324. The molecule has 0 fully saturated rings. The Morgan fingerprint density at radius 1 is 1.14 bits per heavy atom. The van der Waals surface area contributed by atoms with Gasteiger partial charge in [0.05, 0.1) is 4.92 Å². The Morgan fingerprint density at radius 3 is 2.52 bits per heavy atom. The molecule has 0 spiro atoms. The van der Waals surface area contributed by atoms with Crippen LogP contribution in [0.5, 0.6) is 0 Å². The molecule has 1 aromatic heterocycles. The maximum absolute atomic E-state index is 12.0. The molecule has 1 aromatic carbocycles. The first-order chi connectivity index (χ1) is 10.0. The monoisotopic (exact) mass is 285 g/mol. The Hall–Kier alpha value is -3.09. The molecule has 106 valence electrons. The molecule has 0 radical (unpaired) electrons. The first-order valence-corrected chi connectivity index (χ1v) is 6.01. The maximum atomic E-state index is 12.0. The molecule has 0 bridgehead atoms. The molecule has 1 N–H and O–H groups in total. The number of nitrogens with one attached hydrogen (secondary N) is 1. The van der Waals surface area contributed by atoms with E-state index in [-0.39, 0.29) is 0 Å².